The molecule has 0 N–H and O–H groups in total. The predicted molar refractivity (Wildman–Crippen MR) is 86.6 cm³/mol. The first-order valence-electron chi connectivity index (χ1n) is 7.39. The van der Waals surface area contributed by atoms with Crippen molar-refractivity contribution in [2.45, 2.75) is 50.9 Å². The van der Waals surface area contributed by atoms with Gasteiger partial charge >= 0.3 is 0 Å². The third kappa shape index (κ3) is 2.49. The molecule has 3 heteroatoms. The van der Waals surface area contributed by atoms with Crippen molar-refractivity contribution in [3.8, 4) is 6.07 Å². The van der Waals surface area contributed by atoms with Crippen LogP contribution in [0.1, 0.15) is 49.0 Å². The molecule has 1 aliphatic rings. The van der Waals surface area contributed by atoms with E-state index in [-0.39, 0.29) is 10.8 Å². The maximum atomic E-state index is 9.82. The number of nitrogens with zero attached hydrogens (tertiary/aromatic N) is 2. The molecule has 0 radical (unpaired) electrons. The lowest BCUT2D eigenvalue weighted by Crippen LogP contribution is -2.24. The van der Waals surface area contributed by atoms with Crippen molar-refractivity contribution in [3.63, 3.8) is 0 Å². The molecule has 1 aliphatic carbocycles. The summed E-state index contributed by atoms with van der Waals surface area (Å²) in [5, 5.41) is 13.0. The largest absolute Gasteiger partial charge is 0.246 e. The smallest absolute Gasteiger partial charge is 0.0947 e. The van der Waals surface area contributed by atoms with Crippen LogP contribution < -0.4 is 0 Å². The highest BCUT2D eigenvalue weighted by atomic mass is 32.1. The molecule has 1 unspecified atom stereocenters. The normalized spacial score (nSPS) is 21.0. The Balaban J connectivity index is 1.94. The van der Waals surface area contributed by atoms with E-state index in [1.165, 1.54) is 11.1 Å². The van der Waals surface area contributed by atoms with Crippen LogP contribution in [0.4, 0.5) is 0 Å². The van der Waals surface area contributed by atoms with E-state index in [9.17, 15) is 5.26 Å². The van der Waals surface area contributed by atoms with Crippen LogP contribution in [0, 0.1) is 11.3 Å². The van der Waals surface area contributed by atoms with Crippen molar-refractivity contribution >= 4 is 11.3 Å². The van der Waals surface area contributed by atoms with E-state index in [0.29, 0.717) is 0 Å². The molecule has 1 aromatic carbocycles. The predicted octanol–water partition coefficient (Wildman–Crippen LogP) is 4.39. The Kier molecular flexibility index (Phi) is 3.37. The molecule has 21 heavy (non-hydrogen) atoms. The van der Waals surface area contributed by atoms with E-state index in [1.807, 2.05) is 6.07 Å². The highest BCUT2D eigenvalue weighted by molar-refractivity contribution is 7.09. The Bertz CT molecular complexity index is 702. The van der Waals surface area contributed by atoms with Crippen molar-refractivity contribution < 1.29 is 0 Å². The first-order chi connectivity index (χ1) is 9.94. The van der Waals surface area contributed by atoms with Crippen LogP contribution in [0.25, 0.3) is 0 Å². The molecule has 0 amide bonds. The number of fused-ring (bicyclic) bond motifs is 1. The summed E-state index contributed by atoms with van der Waals surface area (Å²) in [6.07, 6.45) is 2.65. The Hall–Kier alpha value is -1.66. The third-order valence-electron chi connectivity index (χ3n) is 4.34. The van der Waals surface area contributed by atoms with Gasteiger partial charge in [0.05, 0.1) is 22.2 Å². The monoisotopic (exact) mass is 296 g/mol. The number of rotatable bonds is 2. The van der Waals surface area contributed by atoms with Crippen LogP contribution in [0.5, 0.6) is 0 Å². The number of aromatic nitrogens is 1. The second-order valence-corrected chi connectivity index (χ2v) is 7.85. The molecule has 2 aromatic rings. The maximum absolute atomic E-state index is 9.82. The van der Waals surface area contributed by atoms with Gasteiger partial charge in [0, 0.05) is 17.2 Å². The van der Waals surface area contributed by atoms with Crippen LogP contribution in [0.3, 0.4) is 0 Å². The zero-order valence-corrected chi connectivity index (χ0v) is 13.6. The summed E-state index contributed by atoms with van der Waals surface area (Å²) in [6.45, 7) is 6.53. The van der Waals surface area contributed by atoms with Crippen molar-refractivity contribution in [2.75, 3.05) is 0 Å². The van der Waals surface area contributed by atoms with Gasteiger partial charge in [-0.15, -0.1) is 11.3 Å². The number of nitriles is 1. The van der Waals surface area contributed by atoms with Gasteiger partial charge in [0.15, 0.2) is 0 Å². The molecule has 0 saturated carbocycles. The third-order valence-corrected chi connectivity index (χ3v) is 5.19. The topological polar surface area (TPSA) is 36.7 Å². The average molecular weight is 296 g/mol. The molecule has 0 fully saturated rings. The second-order valence-electron chi connectivity index (χ2n) is 6.90. The molecule has 0 spiro atoms. The van der Waals surface area contributed by atoms with E-state index in [0.717, 1.165) is 30.0 Å². The Morgan fingerprint density at radius 1 is 1.33 bits per heavy atom. The van der Waals surface area contributed by atoms with Crippen LogP contribution >= 0.6 is 11.3 Å². The number of hydrogen-bond donors (Lipinski definition) is 0. The maximum Gasteiger partial charge on any atom is 0.0947 e. The molecular weight excluding hydrogens is 276 g/mol. The molecule has 108 valence electrons. The molecular formula is C18H20N2S. The summed E-state index contributed by atoms with van der Waals surface area (Å²) in [5.74, 6) is 0. The Morgan fingerprint density at radius 3 is 2.76 bits per heavy atom. The fraction of sp³-hybridized carbons (Fsp3) is 0.444. The van der Waals surface area contributed by atoms with E-state index < -0.39 is 0 Å². The van der Waals surface area contributed by atoms with E-state index in [2.05, 4.69) is 50.4 Å². The lowest BCUT2D eigenvalue weighted by atomic mass is 9.80. The fourth-order valence-electron chi connectivity index (χ4n) is 3.02. The zero-order chi connectivity index (χ0) is 15.1. The van der Waals surface area contributed by atoms with Crippen molar-refractivity contribution in [1.29, 1.82) is 5.26 Å². The van der Waals surface area contributed by atoms with Gasteiger partial charge < -0.3 is 0 Å². The highest BCUT2D eigenvalue weighted by Gasteiger charge is 2.39. The lowest BCUT2D eigenvalue weighted by Gasteiger charge is -2.21. The number of hydrogen-bond acceptors (Lipinski definition) is 3. The van der Waals surface area contributed by atoms with Gasteiger partial charge in [0.25, 0.3) is 0 Å². The average Bonchev–Trinajstić information content (AvgIpc) is 3.05. The minimum absolute atomic E-state index is 0.0716. The van der Waals surface area contributed by atoms with Crippen molar-refractivity contribution in [2.24, 2.45) is 0 Å². The minimum atomic E-state index is -0.385. The van der Waals surface area contributed by atoms with Gasteiger partial charge in [-0.1, -0.05) is 45.0 Å². The summed E-state index contributed by atoms with van der Waals surface area (Å²) in [7, 11) is 0. The van der Waals surface area contributed by atoms with Crippen LogP contribution in [0.15, 0.2) is 29.6 Å². The molecule has 1 atom stereocenters. The molecule has 1 heterocycles. The van der Waals surface area contributed by atoms with Gasteiger partial charge in [-0.2, -0.15) is 5.26 Å². The second kappa shape index (κ2) is 4.96. The highest BCUT2D eigenvalue weighted by Crippen LogP contribution is 2.41. The Morgan fingerprint density at radius 2 is 2.10 bits per heavy atom. The Labute approximate surface area is 130 Å². The first-order valence-corrected chi connectivity index (χ1v) is 8.27. The minimum Gasteiger partial charge on any atom is -0.246 e. The molecule has 3 rings (SSSR count). The molecule has 0 saturated heterocycles. The number of thiazole rings is 1. The van der Waals surface area contributed by atoms with Crippen LogP contribution in [-0.4, -0.2) is 4.98 Å². The van der Waals surface area contributed by atoms with E-state index in [4.69, 9.17) is 4.98 Å². The number of aryl methyl sites for hydroxylation is 1. The van der Waals surface area contributed by atoms with Crippen LogP contribution in [-0.2, 0) is 23.7 Å². The molecule has 0 bridgehead atoms. The van der Waals surface area contributed by atoms with Gasteiger partial charge in [-0.3, -0.25) is 0 Å². The van der Waals surface area contributed by atoms with Gasteiger partial charge in [-0.05, 0) is 24.0 Å². The van der Waals surface area contributed by atoms with Gasteiger partial charge in [0.1, 0.15) is 0 Å². The SMILES string of the molecule is CC(C)(C)c1csc(CC2(C#N)CCc3ccccc32)n1. The zero-order valence-electron chi connectivity index (χ0n) is 12.8. The number of benzene rings is 1. The van der Waals surface area contributed by atoms with Gasteiger partial charge in [-0.25, -0.2) is 4.98 Å². The lowest BCUT2D eigenvalue weighted by molar-refractivity contribution is 0.531. The fourth-order valence-corrected chi connectivity index (χ4v) is 4.16. The van der Waals surface area contributed by atoms with Crippen molar-refractivity contribution in [1.82, 2.24) is 4.98 Å². The van der Waals surface area contributed by atoms with E-state index in [1.54, 1.807) is 11.3 Å². The summed E-state index contributed by atoms with van der Waals surface area (Å²) in [5.41, 5.74) is 3.35. The van der Waals surface area contributed by atoms with E-state index >= 15 is 0 Å². The summed E-state index contributed by atoms with van der Waals surface area (Å²) < 4.78 is 0. The standard InChI is InChI=1S/C18H20N2S/c1-17(2,3)15-11-21-16(20-15)10-18(12-19)9-8-13-6-4-5-7-14(13)18/h4-7,11H,8-10H2,1-3H3. The quantitative estimate of drug-likeness (QED) is 0.824. The summed E-state index contributed by atoms with van der Waals surface area (Å²) >= 11 is 1.69. The summed E-state index contributed by atoms with van der Waals surface area (Å²) in [6, 6.07) is 11.0. The van der Waals surface area contributed by atoms with Crippen LogP contribution in [0.2, 0.25) is 0 Å². The summed E-state index contributed by atoms with van der Waals surface area (Å²) in [4.78, 5) is 4.78. The molecule has 0 aliphatic heterocycles. The van der Waals surface area contributed by atoms with Crippen molar-refractivity contribution in [3.05, 3.63) is 51.5 Å². The van der Waals surface area contributed by atoms with Gasteiger partial charge in [0.2, 0.25) is 0 Å². The first kappa shape index (κ1) is 14.3. The molecule has 2 nitrogen and oxygen atoms in total. The molecule has 1 aromatic heterocycles.